The maximum atomic E-state index is 12.4. The molecule has 3 rings (SSSR count). The number of methoxy groups -OCH3 is 2. The molecule has 8 heteroatoms. The fourth-order valence-corrected chi connectivity index (χ4v) is 3.72. The molecule has 0 unspecified atom stereocenters. The van der Waals surface area contributed by atoms with Crippen LogP contribution in [0.5, 0.6) is 11.5 Å². The van der Waals surface area contributed by atoms with Gasteiger partial charge in [0.15, 0.2) is 22.5 Å². The van der Waals surface area contributed by atoms with Gasteiger partial charge in [0.05, 0.1) is 20.0 Å². The lowest BCUT2D eigenvalue weighted by Gasteiger charge is -2.11. The van der Waals surface area contributed by atoms with E-state index in [0.29, 0.717) is 22.3 Å². The van der Waals surface area contributed by atoms with Gasteiger partial charge in [-0.05, 0) is 32.0 Å². The molecule has 3 aromatic rings. The van der Waals surface area contributed by atoms with Gasteiger partial charge in [-0.2, -0.15) is 0 Å². The average Bonchev–Trinajstić information content (AvgIpc) is 3.15. The van der Waals surface area contributed by atoms with Gasteiger partial charge in [-0.25, -0.2) is 0 Å². The number of carbonyl (C=O) groups excluding carboxylic acids is 1. The molecular formula is C21H24N4O3S. The fourth-order valence-electron chi connectivity index (χ4n) is 2.92. The highest BCUT2D eigenvalue weighted by atomic mass is 32.2. The van der Waals surface area contributed by atoms with Crippen LogP contribution in [-0.2, 0) is 11.3 Å². The number of hydrogen-bond acceptors (Lipinski definition) is 6. The highest BCUT2D eigenvalue weighted by Crippen LogP contribution is 2.30. The normalized spacial score (nSPS) is 10.6. The summed E-state index contributed by atoms with van der Waals surface area (Å²) in [5.74, 6) is 2.07. The van der Waals surface area contributed by atoms with Crippen LogP contribution >= 0.6 is 11.8 Å². The van der Waals surface area contributed by atoms with Crippen LogP contribution in [0.25, 0.3) is 11.4 Å². The molecule has 1 aromatic heterocycles. The van der Waals surface area contributed by atoms with Gasteiger partial charge in [-0.1, -0.05) is 35.5 Å². The Balaban J connectivity index is 1.68. The Hall–Kier alpha value is -3.00. The average molecular weight is 413 g/mol. The minimum atomic E-state index is -0.134. The molecule has 0 bridgehead atoms. The van der Waals surface area contributed by atoms with Crippen LogP contribution in [0.2, 0.25) is 0 Å². The maximum absolute atomic E-state index is 12.4. The molecule has 1 N–H and O–H groups in total. The van der Waals surface area contributed by atoms with E-state index in [0.717, 1.165) is 23.5 Å². The molecule has 0 radical (unpaired) electrons. The Bertz CT molecular complexity index is 1000. The predicted octanol–water partition coefficient (Wildman–Crippen LogP) is 4.02. The molecule has 0 aliphatic carbocycles. The molecule has 7 nitrogen and oxygen atoms in total. The summed E-state index contributed by atoms with van der Waals surface area (Å²) in [6, 6.07) is 13.4. The van der Waals surface area contributed by atoms with E-state index >= 15 is 0 Å². The number of amides is 1. The van der Waals surface area contributed by atoms with Gasteiger partial charge in [-0.3, -0.25) is 4.79 Å². The smallest absolute Gasteiger partial charge is 0.234 e. The lowest BCUT2D eigenvalue weighted by atomic mass is 10.1. The van der Waals surface area contributed by atoms with E-state index in [-0.39, 0.29) is 11.7 Å². The molecule has 0 fully saturated rings. The molecule has 152 valence electrons. The molecule has 2 aromatic carbocycles. The van der Waals surface area contributed by atoms with Crippen LogP contribution in [0.3, 0.4) is 0 Å². The van der Waals surface area contributed by atoms with Crippen LogP contribution < -0.4 is 14.8 Å². The number of ether oxygens (including phenoxy) is 2. The summed E-state index contributed by atoms with van der Waals surface area (Å²) in [4.78, 5) is 12.4. The topological polar surface area (TPSA) is 78.3 Å². The van der Waals surface area contributed by atoms with Gasteiger partial charge in [0.1, 0.15) is 0 Å². The summed E-state index contributed by atoms with van der Waals surface area (Å²) in [6.07, 6.45) is 0. The third-order valence-corrected chi connectivity index (χ3v) is 5.28. The number of hydrogen-bond donors (Lipinski definition) is 1. The van der Waals surface area contributed by atoms with Crippen molar-refractivity contribution in [3.05, 3.63) is 48.0 Å². The number of aryl methyl sites for hydroxylation is 1. The third kappa shape index (κ3) is 4.89. The van der Waals surface area contributed by atoms with E-state index in [1.165, 1.54) is 11.8 Å². The zero-order chi connectivity index (χ0) is 20.8. The Morgan fingerprint density at radius 3 is 2.59 bits per heavy atom. The monoisotopic (exact) mass is 412 g/mol. The molecule has 0 atom stereocenters. The summed E-state index contributed by atoms with van der Waals surface area (Å²) in [5, 5.41) is 12.2. The highest BCUT2D eigenvalue weighted by Gasteiger charge is 2.15. The largest absolute Gasteiger partial charge is 0.493 e. The van der Waals surface area contributed by atoms with Crippen molar-refractivity contribution in [2.24, 2.45) is 0 Å². The SMILES string of the molecule is CCn1c(SCC(=O)Nc2ccc(OC)c(OC)c2)nnc1-c1cccc(C)c1. The van der Waals surface area contributed by atoms with E-state index in [1.807, 2.05) is 36.6 Å². The molecule has 29 heavy (non-hydrogen) atoms. The Morgan fingerprint density at radius 1 is 1.10 bits per heavy atom. The first-order valence-electron chi connectivity index (χ1n) is 9.20. The van der Waals surface area contributed by atoms with Crippen LogP contribution in [0, 0.1) is 6.92 Å². The summed E-state index contributed by atoms with van der Waals surface area (Å²) in [5.41, 5.74) is 2.82. The summed E-state index contributed by atoms with van der Waals surface area (Å²) in [6.45, 7) is 4.80. The van der Waals surface area contributed by atoms with Gasteiger partial charge < -0.3 is 19.4 Å². The molecule has 0 saturated carbocycles. The van der Waals surface area contributed by atoms with Gasteiger partial charge in [0.2, 0.25) is 5.91 Å². The molecule has 1 heterocycles. The lowest BCUT2D eigenvalue weighted by Crippen LogP contribution is -2.14. The van der Waals surface area contributed by atoms with Crippen LogP contribution in [0.4, 0.5) is 5.69 Å². The first-order valence-corrected chi connectivity index (χ1v) is 10.2. The van der Waals surface area contributed by atoms with Crippen molar-refractivity contribution in [3.63, 3.8) is 0 Å². The first-order chi connectivity index (χ1) is 14.0. The van der Waals surface area contributed by atoms with E-state index in [2.05, 4.69) is 21.6 Å². The van der Waals surface area contributed by atoms with Gasteiger partial charge in [-0.15, -0.1) is 10.2 Å². The van der Waals surface area contributed by atoms with Gasteiger partial charge in [0.25, 0.3) is 0 Å². The minimum absolute atomic E-state index is 0.134. The van der Waals surface area contributed by atoms with Crippen molar-refractivity contribution in [1.29, 1.82) is 0 Å². The number of thioether (sulfide) groups is 1. The molecular weight excluding hydrogens is 388 g/mol. The van der Waals surface area contributed by atoms with E-state index in [4.69, 9.17) is 9.47 Å². The summed E-state index contributed by atoms with van der Waals surface area (Å²) < 4.78 is 12.5. The second kappa shape index (κ2) is 9.47. The second-order valence-corrected chi connectivity index (χ2v) is 7.27. The maximum Gasteiger partial charge on any atom is 0.234 e. The molecule has 0 aliphatic heterocycles. The summed E-state index contributed by atoms with van der Waals surface area (Å²) >= 11 is 1.36. The van der Waals surface area contributed by atoms with E-state index in [1.54, 1.807) is 32.4 Å². The van der Waals surface area contributed by atoms with Crippen molar-refractivity contribution in [1.82, 2.24) is 14.8 Å². The lowest BCUT2D eigenvalue weighted by molar-refractivity contribution is -0.113. The first kappa shape index (κ1) is 20.7. The number of carbonyl (C=O) groups is 1. The second-order valence-electron chi connectivity index (χ2n) is 6.33. The van der Waals surface area contributed by atoms with Crippen molar-refractivity contribution in [3.8, 4) is 22.9 Å². The van der Waals surface area contributed by atoms with Gasteiger partial charge >= 0.3 is 0 Å². The van der Waals surface area contributed by atoms with Crippen LogP contribution in [0.1, 0.15) is 12.5 Å². The number of benzene rings is 2. The standard InChI is InChI=1S/C21H24N4O3S/c1-5-25-20(15-8-6-7-14(2)11-15)23-24-21(25)29-13-19(26)22-16-9-10-17(27-3)18(12-16)28-4/h6-12H,5,13H2,1-4H3,(H,22,26). The third-order valence-electron chi connectivity index (χ3n) is 4.31. The fraction of sp³-hybridized carbons (Fsp3) is 0.286. The number of rotatable bonds is 8. The predicted molar refractivity (Wildman–Crippen MR) is 115 cm³/mol. The number of anilines is 1. The zero-order valence-electron chi connectivity index (χ0n) is 16.9. The van der Waals surface area contributed by atoms with Crippen molar-refractivity contribution in [2.75, 3.05) is 25.3 Å². The van der Waals surface area contributed by atoms with Gasteiger partial charge in [0, 0.05) is 23.9 Å². The van der Waals surface area contributed by atoms with Crippen molar-refractivity contribution in [2.45, 2.75) is 25.5 Å². The highest BCUT2D eigenvalue weighted by molar-refractivity contribution is 7.99. The Morgan fingerprint density at radius 2 is 1.90 bits per heavy atom. The quantitative estimate of drug-likeness (QED) is 0.563. The molecule has 0 spiro atoms. The van der Waals surface area contributed by atoms with Crippen LogP contribution in [-0.4, -0.2) is 40.6 Å². The number of nitrogens with zero attached hydrogens (tertiary/aromatic N) is 3. The van der Waals surface area contributed by atoms with E-state index < -0.39 is 0 Å². The number of aromatic nitrogens is 3. The zero-order valence-corrected chi connectivity index (χ0v) is 17.7. The molecule has 0 saturated heterocycles. The van der Waals surface area contributed by atoms with Crippen molar-refractivity contribution < 1.29 is 14.3 Å². The number of nitrogens with one attached hydrogen (secondary N) is 1. The molecule has 1 amide bonds. The molecule has 0 aliphatic rings. The Kier molecular flexibility index (Phi) is 6.77. The van der Waals surface area contributed by atoms with Crippen LogP contribution in [0.15, 0.2) is 47.6 Å². The minimum Gasteiger partial charge on any atom is -0.493 e. The Labute approximate surface area is 174 Å². The van der Waals surface area contributed by atoms with Crippen molar-refractivity contribution >= 4 is 23.4 Å². The van der Waals surface area contributed by atoms with E-state index in [9.17, 15) is 4.79 Å². The summed E-state index contributed by atoms with van der Waals surface area (Å²) in [7, 11) is 3.13.